The maximum absolute atomic E-state index is 6.33. The Hall–Kier alpha value is -2.21. The quantitative estimate of drug-likeness (QED) is 0.612. The normalized spacial score (nSPS) is 15.0. The first-order valence-electron chi connectivity index (χ1n) is 9.23. The van der Waals surface area contributed by atoms with Crippen LogP contribution in [0.2, 0.25) is 10.0 Å². The van der Waals surface area contributed by atoms with Gasteiger partial charge in [-0.15, -0.1) is 0 Å². The van der Waals surface area contributed by atoms with Gasteiger partial charge in [0.25, 0.3) is 0 Å². The number of benzene rings is 2. The molecule has 0 N–H and O–H groups in total. The number of aromatic nitrogens is 2. The van der Waals surface area contributed by atoms with Crippen molar-refractivity contribution < 1.29 is 4.74 Å². The number of rotatable bonds is 5. The first-order valence-corrected chi connectivity index (χ1v) is 9.98. The molecule has 5 nitrogen and oxygen atoms in total. The first kappa shape index (κ1) is 19.1. The van der Waals surface area contributed by atoms with Gasteiger partial charge < -0.3 is 9.64 Å². The summed E-state index contributed by atoms with van der Waals surface area (Å²) in [6.45, 7) is 4.54. The minimum atomic E-state index is 0.669. The molecule has 0 aliphatic carbocycles. The number of methoxy groups -OCH3 is 1. The predicted molar refractivity (Wildman–Crippen MR) is 114 cm³/mol. The van der Waals surface area contributed by atoms with Gasteiger partial charge in [-0.05, 0) is 29.8 Å². The number of anilines is 1. The lowest BCUT2D eigenvalue weighted by Gasteiger charge is -2.35. The molecule has 0 unspecified atom stereocenters. The summed E-state index contributed by atoms with van der Waals surface area (Å²) in [5.41, 5.74) is 2.15. The molecular formula is C21H22Cl2N4O. The van der Waals surface area contributed by atoms with Crippen LogP contribution in [-0.2, 0) is 6.54 Å². The van der Waals surface area contributed by atoms with Crippen LogP contribution < -0.4 is 9.64 Å². The van der Waals surface area contributed by atoms with Crippen molar-refractivity contribution in [2.45, 2.75) is 6.54 Å². The highest BCUT2D eigenvalue weighted by molar-refractivity contribution is 6.35. The van der Waals surface area contributed by atoms with E-state index in [1.807, 2.05) is 42.7 Å². The molecule has 2 aromatic carbocycles. The van der Waals surface area contributed by atoms with E-state index in [1.165, 1.54) is 0 Å². The van der Waals surface area contributed by atoms with E-state index >= 15 is 0 Å². The van der Waals surface area contributed by atoms with E-state index in [1.54, 1.807) is 13.2 Å². The van der Waals surface area contributed by atoms with Crippen molar-refractivity contribution in [3.05, 3.63) is 70.5 Å². The zero-order valence-electron chi connectivity index (χ0n) is 15.7. The second-order valence-corrected chi connectivity index (χ2v) is 7.64. The average molecular weight is 417 g/mol. The van der Waals surface area contributed by atoms with Crippen LogP contribution in [0.4, 0.5) is 5.95 Å². The van der Waals surface area contributed by atoms with E-state index in [0.29, 0.717) is 5.02 Å². The molecule has 146 valence electrons. The number of imidazole rings is 1. The molecule has 7 heteroatoms. The molecule has 1 fully saturated rings. The summed E-state index contributed by atoms with van der Waals surface area (Å²) in [7, 11) is 1.68. The van der Waals surface area contributed by atoms with Crippen LogP contribution in [0.3, 0.4) is 0 Å². The summed E-state index contributed by atoms with van der Waals surface area (Å²) in [5, 5.41) is 1.39. The summed E-state index contributed by atoms with van der Waals surface area (Å²) in [5.74, 6) is 1.79. The zero-order valence-corrected chi connectivity index (χ0v) is 17.2. The fourth-order valence-electron chi connectivity index (χ4n) is 3.49. The lowest BCUT2D eigenvalue weighted by molar-refractivity contribution is 0.248. The summed E-state index contributed by atoms with van der Waals surface area (Å²) < 4.78 is 7.46. The number of halogens is 2. The summed E-state index contributed by atoms with van der Waals surface area (Å²) in [4.78, 5) is 9.32. The molecule has 0 bridgehead atoms. The number of piperazine rings is 1. The molecule has 0 atom stereocenters. The van der Waals surface area contributed by atoms with Crippen LogP contribution in [0.5, 0.6) is 5.75 Å². The van der Waals surface area contributed by atoms with E-state index in [9.17, 15) is 0 Å². The van der Waals surface area contributed by atoms with Crippen molar-refractivity contribution in [3.8, 4) is 11.4 Å². The topological polar surface area (TPSA) is 33.5 Å². The third-order valence-corrected chi connectivity index (χ3v) is 5.60. The molecule has 1 aliphatic rings. The fraction of sp³-hybridized carbons (Fsp3) is 0.286. The van der Waals surface area contributed by atoms with Gasteiger partial charge in [0, 0.05) is 61.2 Å². The Morgan fingerprint density at radius 1 is 1.04 bits per heavy atom. The van der Waals surface area contributed by atoms with Gasteiger partial charge >= 0.3 is 0 Å². The maximum atomic E-state index is 6.33. The van der Waals surface area contributed by atoms with Gasteiger partial charge in [-0.1, -0.05) is 35.3 Å². The molecule has 0 spiro atoms. The van der Waals surface area contributed by atoms with Crippen molar-refractivity contribution in [2.24, 2.45) is 0 Å². The van der Waals surface area contributed by atoms with Gasteiger partial charge in [-0.3, -0.25) is 9.47 Å². The van der Waals surface area contributed by atoms with Crippen LogP contribution >= 0.6 is 23.2 Å². The first-order chi connectivity index (χ1) is 13.6. The van der Waals surface area contributed by atoms with Crippen molar-refractivity contribution in [1.29, 1.82) is 0 Å². The second-order valence-electron chi connectivity index (χ2n) is 6.80. The third-order valence-electron chi connectivity index (χ3n) is 5.02. The number of nitrogens with zero attached hydrogens (tertiary/aromatic N) is 4. The average Bonchev–Trinajstić information content (AvgIpc) is 3.20. The molecule has 4 rings (SSSR count). The Morgan fingerprint density at radius 2 is 1.86 bits per heavy atom. The van der Waals surface area contributed by atoms with E-state index < -0.39 is 0 Å². The molecule has 2 heterocycles. The molecule has 0 saturated carbocycles. The zero-order chi connectivity index (χ0) is 19.5. The van der Waals surface area contributed by atoms with Crippen LogP contribution in [0.1, 0.15) is 5.56 Å². The van der Waals surface area contributed by atoms with Crippen molar-refractivity contribution in [1.82, 2.24) is 14.5 Å². The van der Waals surface area contributed by atoms with Crippen LogP contribution in [0.15, 0.2) is 54.9 Å². The van der Waals surface area contributed by atoms with E-state index in [-0.39, 0.29) is 0 Å². The van der Waals surface area contributed by atoms with E-state index in [2.05, 4.69) is 25.4 Å². The van der Waals surface area contributed by atoms with Gasteiger partial charge in [0.15, 0.2) is 0 Å². The predicted octanol–water partition coefficient (Wildman–Crippen LogP) is 4.51. The van der Waals surface area contributed by atoms with Crippen molar-refractivity contribution in [3.63, 3.8) is 0 Å². The van der Waals surface area contributed by atoms with Crippen molar-refractivity contribution in [2.75, 3.05) is 38.2 Å². The summed E-state index contributed by atoms with van der Waals surface area (Å²) in [6.07, 6.45) is 3.83. The Kier molecular flexibility index (Phi) is 5.76. The lowest BCUT2D eigenvalue weighted by Crippen LogP contribution is -2.46. The molecule has 3 aromatic rings. The van der Waals surface area contributed by atoms with Gasteiger partial charge in [0.2, 0.25) is 5.95 Å². The number of ether oxygens (including phenoxy) is 1. The standard InChI is InChI=1S/C21H22Cl2N4O/c1-28-19-4-2-3-18(14-19)27-8-7-24-21(27)26-11-9-25(10-12-26)15-16-5-6-17(22)13-20(16)23/h2-8,13-14H,9-12,15H2,1H3. The highest BCUT2D eigenvalue weighted by Crippen LogP contribution is 2.25. The summed E-state index contributed by atoms with van der Waals surface area (Å²) in [6, 6.07) is 13.7. The second kappa shape index (κ2) is 8.43. The smallest absolute Gasteiger partial charge is 0.210 e. The van der Waals surface area contributed by atoms with Crippen molar-refractivity contribution >= 4 is 29.2 Å². The maximum Gasteiger partial charge on any atom is 0.210 e. The minimum absolute atomic E-state index is 0.669. The highest BCUT2D eigenvalue weighted by atomic mass is 35.5. The largest absolute Gasteiger partial charge is 0.497 e. The SMILES string of the molecule is COc1cccc(-n2ccnc2N2CCN(Cc3ccc(Cl)cc3Cl)CC2)c1. The Balaban J connectivity index is 1.44. The molecule has 28 heavy (non-hydrogen) atoms. The van der Waals surface area contributed by atoms with Crippen LogP contribution in [0.25, 0.3) is 5.69 Å². The molecular weight excluding hydrogens is 395 g/mol. The monoisotopic (exact) mass is 416 g/mol. The van der Waals surface area contributed by atoms with Gasteiger partial charge in [0.05, 0.1) is 12.8 Å². The van der Waals surface area contributed by atoms with E-state index in [0.717, 1.165) is 60.7 Å². The van der Waals surface area contributed by atoms with E-state index in [4.69, 9.17) is 27.9 Å². The highest BCUT2D eigenvalue weighted by Gasteiger charge is 2.21. The number of hydrogen-bond donors (Lipinski definition) is 0. The molecule has 1 saturated heterocycles. The molecule has 1 aliphatic heterocycles. The van der Waals surface area contributed by atoms with Crippen LogP contribution in [0, 0.1) is 0 Å². The fourth-order valence-corrected chi connectivity index (χ4v) is 3.96. The third kappa shape index (κ3) is 4.12. The van der Waals surface area contributed by atoms with Gasteiger partial charge in [-0.2, -0.15) is 0 Å². The molecule has 0 amide bonds. The molecule has 1 aromatic heterocycles. The summed E-state index contributed by atoms with van der Waals surface area (Å²) >= 11 is 12.3. The number of hydrogen-bond acceptors (Lipinski definition) is 4. The molecule has 0 radical (unpaired) electrons. The minimum Gasteiger partial charge on any atom is -0.497 e. The van der Waals surface area contributed by atoms with Crippen LogP contribution in [-0.4, -0.2) is 47.7 Å². The van der Waals surface area contributed by atoms with Gasteiger partial charge in [0.1, 0.15) is 5.75 Å². The lowest BCUT2D eigenvalue weighted by atomic mass is 10.2. The Morgan fingerprint density at radius 3 is 2.61 bits per heavy atom. The Bertz CT molecular complexity index is 951. The Labute approximate surface area is 175 Å². The van der Waals surface area contributed by atoms with Gasteiger partial charge in [-0.25, -0.2) is 4.98 Å².